The van der Waals surface area contributed by atoms with E-state index in [1.54, 1.807) is 25.3 Å². The summed E-state index contributed by atoms with van der Waals surface area (Å²) in [5.74, 6) is 6.01. The topological polar surface area (TPSA) is 35.5 Å². The van der Waals surface area contributed by atoms with Crippen LogP contribution in [0.25, 0.3) is 0 Å². The zero-order valence-corrected chi connectivity index (χ0v) is 9.09. The maximum absolute atomic E-state index is 10.4. The van der Waals surface area contributed by atoms with Gasteiger partial charge in [0.1, 0.15) is 0 Å². The maximum atomic E-state index is 10.4. The van der Waals surface area contributed by atoms with Crippen LogP contribution in [0.2, 0.25) is 0 Å². The van der Waals surface area contributed by atoms with Gasteiger partial charge in [0, 0.05) is 5.56 Å². The summed E-state index contributed by atoms with van der Waals surface area (Å²) in [5, 5.41) is -0.690. The first-order valence-electron chi connectivity index (χ1n) is 4.11. The van der Waals surface area contributed by atoms with Crippen molar-refractivity contribution in [2.75, 3.05) is 14.2 Å². The van der Waals surface area contributed by atoms with Gasteiger partial charge in [-0.3, -0.25) is 4.79 Å². The summed E-state index contributed by atoms with van der Waals surface area (Å²) < 4.78 is 10.1. The predicted octanol–water partition coefficient (Wildman–Crippen LogP) is 1.82. The molecule has 0 aromatic heterocycles. The van der Waals surface area contributed by atoms with Gasteiger partial charge < -0.3 is 9.47 Å². The molecule has 1 rings (SSSR count). The smallest absolute Gasteiger partial charge is 0.296 e. The number of carbonyl (C=O) groups is 1. The average molecular weight is 225 g/mol. The van der Waals surface area contributed by atoms with Crippen LogP contribution in [0.4, 0.5) is 0 Å². The molecule has 78 valence electrons. The number of methoxy groups -OCH3 is 2. The molecule has 0 atom stereocenters. The maximum Gasteiger partial charge on any atom is 0.296 e. The molecule has 0 saturated carbocycles. The van der Waals surface area contributed by atoms with Crippen molar-refractivity contribution in [1.29, 1.82) is 0 Å². The van der Waals surface area contributed by atoms with E-state index in [9.17, 15) is 4.79 Å². The van der Waals surface area contributed by atoms with Crippen LogP contribution >= 0.6 is 11.6 Å². The molecule has 0 aliphatic carbocycles. The molecule has 0 N–H and O–H groups in total. The second kappa shape index (κ2) is 5.28. The fourth-order valence-corrected chi connectivity index (χ4v) is 1.08. The summed E-state index contributed by atoms with van der Waals surface area (Å²) in [6.07, 6.45) is 0. The molecular weight excluding hydrogens is 216 g/mol. The summed E-state index contributed by atoms with van der Waals surface area (Å²) in [6, 6.07) is 5.10. The minimum absolute atomic E-state index is 0.561. The predicted molar refractivity (Wildman–Crippen MR) is 57.3 cm³/mol. The van der Waals surface area contributed by atoms with Crippen molar-refractivity contribution < 1.29 is 14.3 Å². The van der Waals surface area contributed by atoms with Crippen molar-refractivity contribution >= 4 is 16.8 Å². The molecule has 0 amide bonds. The third-order valence-corrected chi connectivity index (χ3v) is 1.78. The number of hydrogen-bond donors (Lipinski definition) is 0. The second-order valence-electron chi connectivity index (χ2n) is 2.59. The minimum Gasteiger partial charge on any atom is -0.493 e. The van der Waals surface area contributed by atoms with E-state index in [0.29, 0.717) is 17.1 Å². The summed E-state index contributed by atoms with van der Waals surface area (Å²) >= 11 is 5.09. The van der Waals surface area contributed by atoms with Crippen molar-refractivity contribution in [1.82, 2.24) is 0 Å². The number of hydrogen-bond acceptors (Lipinski definition) is 3. The summed E-state index contributed by atoms with van der Waals surface area (Å²) in [5.41, 5.74) is 0.640. The highest BCUT2D eigenvalue weighted by molar-refractivity contribution is 6.68. The quantitative estimate of drug-likeness (QED) is 0.568. The third-order valence-electron chi connectivity index (χ3n) is 1.69. The molecule has 0 fully saturated rings. The van der Waals surface area contributed by atoms with Crippen molar-refractivity contribution in [3.8, 4) is 23.3 Å². The lowest BCUT2D eigenvalue weighted by molar-refractivity contribution is -0.107. The molecule has 4 heteroatoms. The molecule has 0 spiro atoms. The summed E-state index contributed by atoms with van der Waals surface area (Å²) in [4.78, 5) is 10.4. The monoisotopic (exact) mass is 224 g/mol. The summed E-state index contributed by atoms with van der Waals surface area (Å²) in [6.45, 7) is 0. The first-order chi connectivity index (χ1) is 7.17. The number of rotatable bonds is 2. The van der Waals surface area contributed by atoms with Gasteiger partial charge >= 0.3 is 0 Å². The van der Waals surface area contributed by atoms with Gasteiger partial charge in [0.15, 0.2) is 11.5 Å². The molecule has 0 heterocycles. The Kier molecular flexibility index (Phi) is 4.02. The lowest BCUT2D eigenvalue weighted by Gasteiger charge is -2.06. The molecule has 0 radical (unpaired) electrons. The van der Waals surface area contributed by atoms with Gasteiger partial charge in [0.05, 0.1) is 14.2 Å². The normalized spacial score (nSPS) is 8.73. The Balaban J connectivity index is 3.05. The van der Waals surface area contributed by atoms with Crippen molar-refractivity contribution in [3.63, 3.8) is 0 Å². The standard InChI is InChI=1S/C11H9ClO3/c1-14-9-5-3-8(4-6-11(12)13)7-10(9)15-2/h3,5,7H,1-2H3. The Labute approximate surface area is 92.9 Å². The zero-order valence-electron chi connectivity index (χ0n) is 8.33. The van der Waals surface area contributed by atoms with Crippen LogP contribution in [0, 0.1) is 11.8 Å². The molecule has 1 aromatic carbocycles. The Morgan fingerprint density at radius 3 is 2.47 bits per heavy atom. The molecule has 0 aliphatic rings. The number of benzene rings is 1. The number of ether oxygens (including phenoxy) is 2. The van der Waals surface area contributed by atoms with Gasteiger partial charge in [-0.05, 0) is 35.7 Å². The zero-order chi connectivity index (χ0) is 11.3. The molecule has 3 nitrogen and oxygen atoms in total. The Bertz CT molecular complexity index is 429. The summed E-state index contributed by atoms with van der Waals surface area (Å²) in [7, 11) is 3.08. The van der Waals surface area contributed by atoms with Gasteiger partial charge in [-0.2, -0.15) is 0 Å². The van der Waals surface area contributed by atoms with E-state index in [0.717, 1.165) is 0 Å². The van der Waals surface area contributed by atoms with Crippen LogP contribution in [-0.2, 0) is 4.79 Å². The Morgan fingerprint density at radius 1 is 1.27 bits per heavy atom. The van der Waals surface area contributed by atoms with Gasteiger partial charge in [-0.1, -0.05) is 5.92 Å². The fraction of sp³-hybridized carbons (Fsp3) is 0.182. The first-order valence-corrected chi connectivity index (χ1v) is 4.48. The van der Waals surface area contributed by atoms with E-state index in [2.05, 4.69) is 11.8 Å². The fourth-order valence-electron chi connectivity index (χ4n) is 1.04. The van der Waals surface area contributed by atoms with Crippen molar-refractivity contribution in [2.45, 2.75) is 0 Å². The van der Waals surface area contributed by atoms with Crippen molar-refractivity contribution in [2.24, 2.45) is 0 Å². The van der Waals surface area contributed by atoms with Crippen LogP contribution in [0.15, 0.2) is 18.2 Å². The Morgan fingerprint density at radius 2 is 1.93 bits per heavy atom. The van der Waals surface area contributed by atoms with Crippen molar-refractivity contribution in [3.05, 3.63) is 23.8 Å². The highest BCUT2D eigenvalue weighted by Crippen LogP contribution is 2.26. The second-order valence-corrected chi connectivity index (χ2v) is 2.94. The van der Waals surface area contributed by atoms with Crippen LogP contribution in [0.3, 0.4) is 0 Å². The van der Waals surface area contributed by atoms with E-state index in [1.807, 2.05) is 0 Å². The van der Waals surface area contributed by atoms with E-state index in [-0.39, 0.29) is 0 Å². The lowest BCUT2D eigenvalue weighted by Crippen LogP contribution is -1.90. The highest BCUT2D eigenvalue weighted by atomic mass is 35.5. The molecule has 0 aliphatic heterocycles. The number of halogens is 1. The lowest BCUT2D eigenvalue weighted by atomic mass is 10.2. The largest absolute Gasteiger partial charge is 0.493 e. The molecule has 0 saturated heterocycles. The van der Waals surface area contributed by atoms with Crippen LogP contribution < -0.4 is 9.47 Å². The molecule has 15 heavy (non-hydrogen) atoms. The van der Waals surface area contributed by atoms with Gasteiger partial charge in [0.25, 0.3) is 5.24 Å². The van der Waals surface area contributed by atoms with E-state index in [4.69, 9.17) is 21.1 Å². The molecule has 1 aromatic rings. The minimum atomic E-state index is -0.690. The van der Waals surface area contributed by atoms with E-state index in [1.165, 1.54) is 7.11 Å². The highest BCUT2D eigenvalue weighted by Gasteiger charge is 2.02. The molecule has 0 bridgehead atoms. The molecular formula is C11H9ClO3. The third kappa shape index (κ3) is 3.19. The first kappa shape index (κ1) is 11.4. The number of carbonyl (C=O) groups excluding carboxylic acids is 1. The van der Waals surface area contributed by atoms with E-state index < -0.39 is 5.24 Å². The van der Waals surface area contributed by atoms with Gasteiger partial charge in [-0.15, -0.1) is 0 Å². The van der Waals surface area contributed by atoms with Crippen LogP contribution in [0.1, 0.15) is 5.56 Å². The average Bonchev–Trinajstić information content (AvgIpc) is 2.25. The van der Waals surface area contributed by atoms with Crippen LogP contribution in [0.5, 0.6) is 11.5 Å². The van der Waals surface area contributed by atoms with Gasteiger partial charge in [0.2, 0.25) is 0 Å². The molecule has 0 unspecified atom stereocenters. The van der Waals surface area contributed by atoms with E-state index >= 15 is 0 Å². The Hall–Kier alpha value is -1.66. The van der Waals surface area contributed by atoms with Gasteiger partial charge in [-0.25, -0.2) is 0 Å². The van der Waals surface area contributed by atoms with Crippen LogP contribution in [-0.4, -0.2) is 19.5 Å². The SMILES string of the molecule is COc1ccc(C#CC(=O)Cl)cc1OC.